The van der Waals surface area contributed by atoms with Crippen LogP contribution in [0.15, 0.2) is 34.7 Å². The van der Waals surface area contributed by atoms with Gasteiger partial charge >= 0.3 is 5.97 Å². The van der Waals surface area contributed by atoms with E-state index in [-0.39, 0.29) is 18.0 Å². The Morgan fingerprint density at radius 1 is 1.32 bits per heavy atom. The van der Waals surface area contributed by atoms with Crippen molar-refractivity contribution in [3.8, 4) is 0 Å². The summed E-state index contributed by atoms with van der Waals surface area (Å²) in [5.41, 5.74) is 0.868. The SMILES string of the molecule is CCCCSCC(=O)C(=Cc1cccc(S)c1)C(=O)OCC. The van der Waals surface area contributed by atoms with Crippen molar-refractivity contribution in [3.63, 3.8) is 0 Å². The van der Waals surface area contributed by atoms with Crippen molar-refractivity contribution in [2.24, 2.45) is 0 Å². The van der Waals surface area contributed by atoms with Gasteiger partial charge in [0.25, 0.3) is 0 Å². The van der Waals surface area contributed by atoms with Crippen molar-refractivity contribution >= 4 is 42.2 Å². The average Bonchev–Trinajstić information content (AvgIpc) is 2.49. The van der Waals surface area contributed by atoms with Crippen molar-refractivity contribution in [3.05, 3.63) is 35.4 Å². The number of esters is 1. The molecule has 0 amide bonds. The number of thioether (sulfide) groups is 1. The minimum absolute atomic E-state index is 0.102. The third-order valence-electron chi connectivity index (χ3n) is 2.85. The first-order valence-electron chi connectivity index (χ1n) is 7.37. The Balaban J connectivity index is 2.88. The molecule has 1 aromatic rings. The third kappa shape index (κ3) is 6.71. The zero-order chi connectivity index (χ0) is 16.4. The van der Waals surface area contributed by atoms with E-state index >= 15 is 0 Å². The van der Waals surface area contributed by atoms with Crippen molar-refractivity contribution < 1.29 is 14.3 Å². The van der Waals surface area contributed by atoms with Gasteiger partial charge in [-0.15, -0.1) is 12.6 Å². The zero-order valence-corrected chi connectivity index (χ0v) is 14.7. The summed E-state index contributed by atoms with van der Waals surface area (Å²) in [6.45, 7) is 4.08. The molecule has 0 atom stereocenters. The number of benzene rings is 1. The molecule has 0 radical (unpaired) electrons. The van der Waals surface area contributed by atoms with Crippen LogP contribution in [0.2, 0.25) is 0 Å². The number of Topliss-reactive ketones (excluding diaryl/α,β-unsaturated/α-hetero) is 1. The Kier molecular flexibility index (Phi) is 9.01. The number of unbranched alkanes of at least 4 members (excludes halogenated alkanes) is 1. The van der Waals surface area contributed by atoms with Gasteiger partial charge in [-0.3, -0.25) is 4.79 Å². The van der Waals surface area contributed by atoms with E-state index < -0.39 is 5.97 Å². The van der Waals surface area contributed by atoms with Gasteiger partial charge < -0.3 is 4.74 Å². The molecule has 0 aromatic heterocycles. The number of carbonyl (C=O) groups excluding carboxylic acids is 2. The van der Waals surface area contributed by atoms with Crippen LogP contribution in [0.5, 0.6) is 0 Å². The average molecular weight is 338 g/mol. The molecule has 0 fully saturated rings. The van der Waals surface area contributed by atoms with Crippen LogP contribution in [0.25, 0.3) is 6.08 Å². The van der Waals surface area contributed by atoms with E-state index in [1.54, 1.807) is 30.8 Å². The standard InChI is InChI=1S/C17H22O3S2/c1-3-5-9-22-12-16(18)15(17(19)20-4-2)11-13-7-6-8-14(21)10-13/h6-8,10-11,21H,3-5,9,12H2,1-2H3. The van der Waals surface area contributed by atoms with Gasteiger partial charge in [-0.1, -0.05) is 25.5 Å². The number of carbonyl (C=O) groups is 2. The molecule has 0 spiro atoms. The van der Waals surface area contributed by atoms with E-state index in [9.17, 15) is 9.59 Å². The minimum atomic E-state index is -0.562. The van der Waals surface area contributed by atoms with Crippen LogP contribution in [0, 0.1) is 0 Å². The number of rotatable bonds is 9. The van der Waals surface area contributed by atoms with Crippen LogP contribution in [0.1, 0.15) is 32.3 Å². The maximum absolute atomic E-state index is 12.3. The van der Waals surface area contributed by atoms with Crippen molar-refractivity contribution in [1.29, 1.82) is 0 Å². The summed E-state index contributed by atoms with van der Waals surface area (Å²) in [6, 6.07) is 7.31. The largest absolute Gasteiger partial charge is 0.462 e. The molecular formula is C17H22O3S2. The van der Waals surface area contributed by atoms with Crippen LogP contribution >= 0.6 is 24.4 Å². The summed E-state index contributed by atoms with van der Waals surface area (Å²) >= 11 is 5.82. The van der Waals surface area contributed by atoms with Gasteiger partial charge in [0.15, 0.2) is 5.78 Å². The quantitative estimate of drug-likeness (QED) is 0.184. The van der Waals surface area contributed by atoms with Crippen LogP contribution < -0.4 is 0 Å². The number of ketones is 1. The fourth-order valence-corrected chi connectivity index (χ4v) is 2.95. The molecule has 1 aromatic carbocycles. The molecule has 3 nitrogen and oxygen atoms in total. The molecule has 5 heteroatoms. The smallest absolute Gasteiger partial charge is 0.341 e. The molecule has 1 rings (SSSR count). The van der Waals surface area contributed by atoms with Gasteiger partial charge in [-0.25, -0.2) is 4.79 Å². The second-order valence-electron chi connectivity index (χ2n) is 4.70. The van der Waals surface area contributed by atoms with E-state index in [0.717, 1.165) is 29.1 Å². The molecular weight excluding hydrogens is 316 g/mol. The lowest BCUT2D eigenvalue weighted by Crippen LogP contribution is -2.17. The zero-order valence-electron chi connectivity index (χ0n) is 13.0. The fourth-order valence-electron chi connectivity index (χ4n) is 1.73. The van der Waals surface area contributed by atoms with Gasteiger partial charge in [-0.2, -0.15) is 11.8 Å². The highest BCUT2D eigenvalue weighted by Crippen LogP contribution is 2.16. The molecule has 0 saturated carbocycles. The molecule has 22 heavy (non-hydrogen) atoms. The van der Waals surface area contributed by atoms with E-state index in [1.807, 2.05) is 18.2 Å². The molecule has 0 saturated heterocycles. The van der Waals surface area contributed by atoms with Gasteiger partial charge in [0.1, 0.15) is 5.57 Å². The van der Waals surface area contributed by atoms with E-state index in [1.165, 1.54) is 0 Å². The van der Waals surface area contributed by atoms with Crippen LogP contribution in [-0.2, 0) is 14.3 Å². The molecule has 120 valence electrons. The summed E-state index contributed by atoms with van der Waals surface area (Å²) in [6.07, 6.45) is 3.75. The fraction of sp³-hybridized carbons (Fsp3) is 0.412. The molecule has 0 unspecified atom stereocenters. The predicted molar refractivity (Wildman–Crippen MR) is 95.5 cm³/mol. The maximum atomic E-state index is 12.3. The van der Waals surface area contributed by atoms with Crippen LogP contribution in [0.4, 0.5) is 0 Å². The van der Waals surface area contributed by atoms with E-state index in [2.05, 4.69) is 19.6 Å². The molecule has 0 N–H and O–H groups in total. The second-order valence-corrected chi connectivity index (χ2v) is 6.32. The molecule has 0 aliphatic carbocycles. The lowest BCUT2D eigenvalue weighted by Gasteiger charge is -2.07. The lowest BCUT2D eigenvalue weighted by atomic mass is 10.1. The van der Waals surface area contributed by atoms with Crippen molar-refractivity contribution in [2.45, 2.75) is 31.6 Å². The highest BCUT2D eigenvalue weighted by atomic mass is 32.2. The molecule has 0 aliphatic rings. The Bertz CT molecular complexity index is 538. The van der Waals surface area contributed by atoms with Crippen LogP contribution in [0.3, 0.4) is 0 Å². The predicted octanol–water partition coefficient (Wildman–Crippen LogP) is 4.02. The van der Waals surface area contributed by atoms with E-state index in [4.69, 9.17) is 4.74 Å². The number of hydrogen-bond acceptors (Lipinski definition) is 5. The molecule has 0 heterocycles. The monoisotopic (exact) mass is 338 g/mol. The normalized spacial score (nSPS) is 11.3. The topological polar surface area (TPSA) is 43.4 Å². The van der Waals surface area contributed by atoms with E-state index in [0.29, 0.717) is 5.75 Å². The lowest BCUT2D eigenvalue weighted by molar-refractivity contribution is -0.139. The van der Waals surface area contributed by atoms with Gasteiger partial charge in [0.2, 0.25) is 0 Å². The van der Waals surface area contributed by atoms with Crippen LogP contribution in [-0.4, -0.2) is 29.9 Å². The molecule has 0 aliphatic heterocycles. The summed E-state index contributed by atoms with van der Waals surface area (Å²) in [5.74, 6) is 0.465. The number of ether oxygens (including phenoxy) is 1. The maximum Gasteiger partial charge on any atom is 0.341 e. The van der Waals surface area contributed by atoms with Crippen molar-refractivity contribution in [2.75, 3.05) is 18.1 Å². The second kappa shape index (κ2) is 10.5. The van der Waals surface area contributed by atoms with Gasteiger partial charge in [-0.05, 0) is 42.9 Å². The van der Waals surface area contributed by atoms with Gasteiger partial charge in [0, 0.05) is 4.90 Å². The van der Waals surface area contributed by atoms with Crippen molar-refractivity contribution in [1.82, 2.24) is 0 Å². The van der Waals surface area contributed by atoms with Gasteiger partial charge in [0.05, 0.1) is 12.4 Å². The summed E-state index contributed by atoms with van der Waals surface area (Å²) in [5, 5.41) is 0. The number of hydrogen-bond donors (Lipinski definition) is 1. The Hall–Kier alpha value is -1.20. The molecule has 0 bridgehead atoms. The highest BCUT2D eigenvalue weighted by molar-refractivity contribution is 7.99. The highest BCUT2D eigenvalue weighted by Gasteiger charge is 2.19. The third-order valence-corrected chi connectivity index (χ3v) is 4.17. The first-order chi connectivity index (χ1) is 10.6. The Morgan fingerprint density at radius 2 is 2.09 bits per heavy atom. The minimum Gasteiger partial charge on any atom is -0.462 e. The summed E-state index contributed by atoms with van der Waals surface area (Å²) in [4.78, 5) is 25.1. The Morgan fingerprint density at radius 3 is 2.73 bits per heavy atom. The number of thiol groups is 1. The first-order valence-corrected chi connectivity index (χ1v) is 8.97. The first kappa shape index (κ1) is 18.8. The Labute approximate surface area is 141 Å². The summed E-state index contributed by atoms with van der Waals surface area (Å²) in [7, 11) is 0. The summed E-state index contributed by atoms with van der Waals surface area (Å²) < 4.78 is 5.00.